The fourth-order valence-corrected chi connectivity index (χ4v) is 1.51. The molecule has 0 saturated heterocycles. The van der Waals surface area contributed by atoms with E-state index in [2.05, 4.69) is 35.7 Å². The number of benzene rings is 1. The van der Waals surface area contributed by atoms with Crippen LogP contribution in [0.15, 0.2) is 30.3 Å². The predicted octanol–water partition coefficient (Wildman–Crippen LogP) is 2.08. The van der Waals surface area contributed by atoms with Crippen LogP contribution in [0.2, 0.25) is 0 Å². The minimum Gasteiger partial charge on any atom is -0.383 e. The number of rotatable bonds is 8. The first-order valence-corrected chi connectivity index (χ1v) is 5.81. The van der Waals surface area contributed by atoms with E-state index in [-0.39, 0.29) is 0 Å². The lowest BCUT2D eigenvalue weighted by atomic mass is 10.1. The SMILES string of the molecule is COCCNCC=Cc1cccc(COC)c1. The summed E-state index contributed by atoms with van der Waals surface area (Å²) in [6.45, 7) is 3.15. The second-order valence-corrected chi connectivity index (χ2v) is 3.78. The Hall–Kier alpha value is -1.16. The van der Waals surface area contributed by atoms with Crippen molar-refractivity contribution in [3.8, 4) is 0 Å². The van der Waals surface area contributed by atoms with Gasteiger partial charge in [-0.2, -0.15) is 0 Å². The van der Waals surface area contributed by atoms with Crippen LogP contribution in [0, 0.1) is 0 Å². The van der Waals surface area contributed by atoms with Crippen molar-refractivity contribution in [2.45, 2.75) is 6.61 Å². The van der Waals surface area contributed by atoms with E-state index in [4.69, 9.17) is 9.47 Å². The van der Waals surface area contributed by atoms with Crippen LogP contribution in [-0.2, 0) is 16.1 Å². The molecule has 0 unspecified atom stereocenters. The summed E-state index contributed by atoms with van der Waals surface area (Å²) in [5, 5.41) is 3.26. The Bertz CT molecular complexity index is 337. The molecule has 1 N–H and O–H groups in total. The summed E-state index contributed by atoms with van der Waals surface area (Å²) < 4.78 is 10.1. The van der Waals surface area contributed by atoms with Crippen LogP contribution in [0.5, 0.6) is 0 Å². The van der Waals surface area contributed by atoms with Crippen molar-refractivity contribution in [3.05, 3.63) is 41.5 Å². The van der Waals surface area contributed by atoms with Gasteiger partial charge in [0, 0.05) is 27.3 Å². The summed E-state index contributed by atoms with van der Waals surface area (Å²) in [4.78, 5) is 0. The maximum absolute atomic E-state index is 5.10. The molecule has 94 valence electrons. The molecule has 17 heavy (non-hydrogen) atoms. The van der Waals surface area contributed by atoms with E-state index in [0.29, 0.717) is 6.61 Å². The summed E-state index contributed by atoms with van der Waals surface area (Å²) in [6.07, 6.45) is 4.22. The molecule has 0 aromatic heterocycles. The second kappa shape index (κ2) is 8.93. The van der Waals surface area contributed by atoms with E-state index in [9.17, 15) is 0 Å². The van der Waals surface area contributed by atoms with Crippen LogP contribution in [0.3, 0.4) is 0 Å². The zero-order chi connectivity index (χ0) is 12.3. The van der Waals surface area contributed by atoms with Crippen molar-refractivity contribution in [1.82, 2.24) is 5.32 Å². The highest BCUT2D eigenvalue weighted by atomic mass is 16.5. The van der Waals surface area contributed by atoms with Gasteiger partial charge in [0.25, 0.3) is 0 Å². The first-order valence-electron chi connectivity index (χ1n) is 5.81. The first-order chi connectivity index (χ1) is 8.36. The van der Waals surface area contributed by atoms with Crippen molar-refractivity contribution in [2.75, 3.05) is 33.9 Å². The highest BCUT2D eigenvalue weighted by molar-refractivity contribution is 5.50. The van der Waals surface area contributed by atoms with Gasteiger partial charge in [-0.3, -0.25) is 0 Å². The summed E-state index contributed by atoms with van der Waals surface area (Å²) in [7, 11) is 3.42. The van der Waals surface area contributed by atoms with Crippen molar-refractivity contribution in [2.24, 2.45) is 0 Å². The Morgan fingerprint density at radius 2 is 2.12 bits per heavy atom. The molecule has 1 aromatic rings. The average Bonchev–Trinajstić information content (AvgIpc) is 2.35. The van der Waals surface area contributed by atoms with Gasteiger partial charge in [-0.1, -0.05) is 30.4 Å². The fourth-order valence-electron chi connectivity index (χ4n) is 1.51. The third-order valence-corrected chi connectivity index (χ3v) is 2.32. The molecule has 0 aliphatic carbocycles. The first kappa shape index (κ1) is 13.9. The molecule has 3 heteroatoms. The van der Waals surface area contributed by atoms with E-state index in [1.807, 2.05) is 6.07 Å². The Labute approximate surface area is 103 Å². The number of methoxy groups -OCH3 is 2. The molecule has 0 amide bonds. The molecule has 1 aromatic carbocycles. The van der Waals surface area contributed by atoms with Crippen LogP contribution in [-0.4, -0.2) is 33.9 Å². The van der Waals surface area contributed by atoms with Gasteiger partial charge >= 0.3 is 0 Å². The number of hydrogen-bond acceptors (Lipinski definition) is 3. The number of nitrogens with one attached hydrogen (secondary N) is 1. The smallest absolute Gasteiger partial charge is 0.0713 e. The quantitative estimate of drug-likeness (QED) is 0.700. The van der Waals surface area contributed by atoms with Crippen LogP contribution in [0.25, 0.3) is 6.08 Å². The van der Waals surface area contributed by atoms with Gasteiger partial charge in [-0.15, -0.1) is 0 Å². The zero-order valence-corrected chi connectivity index (χ0v) is 10.6. The molecule has 0 saturated carbocycles. The van der Waals surface area contributed by atoms with Crippen LogP contribution in [0.1, 0.15) is 11.1 Å². The van der Waals surface area contributed by atoms with Gasteiger partial charge in [-0.05, 0) is 17.2 Å². The van der Waals surface area contributed by atoms with Gasteiger partial charge in [0.15, 0.2) is 0 Å². The van der Waals surface area contributed by atoms with Gasteiger partial charge in [0.2, 0.25) is 0 Å². The van der Waals surface area contributed by atoms with E-state index < -0.39 is 0 Å². The minimum absolute atomic E-state index is 0.660. The van der Waals surface area contributed by atoms with Crippen molar-refractivity contribution < 1.29 is 9.47 Å². The van der Waals surface area contributed by atoms with Crippen LogP contribution < -0.4 is 5.32 Å². The standard InChI is InChI=1S/C14H21NO2/c1-16-10-9-15-8-4-7-13-5-3-6-14(11-13)12-17-2/h3-7,11,15H,8-10,12H2,1-2H3. The molecule has 0 heterocycles. The lowest BCUT2D eigenvalue weighted by Gasteiger charge is -2.01. The van der Waals surface area contributed by atoms with Gasteiger partial charge < -0.3 is 14.8 Å². The predicted molar refractivity (Wildman–Crippen MR) is 70.9 cm³/mol. The van der Waals surface area contributed by atoms with Crippen molar-refractivity contribution in [1.29, 1.82) is 0 Å². The lowest BCUT2D eigenvalue weighted by Crippen LogP contribution is -2.18. The van der Waals surface area contributed by atoms with Gasteiger partial charge in [0.05, 0.1) is 13.2 Å². The Balaban J connectivity index is 2.34. The summed E-state index contributed by atoms with van der Waals surface area (Å²) in [5.74, 6) is 0. The van der Waals surface area contributed by atoms with Gasteiger partial charge in [-0.25, -0.2) is 0 Å². The van der Waals surface area contributed by atoms with Gasteiger partial charge in [0.1, 0.15) is 0 Å². The molecule has 0 spiro atoms. The molecular weight excluding hydrogens is 214 g/mol. The van der Waals surface area contributed by atoms with E-state index in [1.54, 1.807) is 14.2 Å². The summed E-state index contributed by atoms with van der Waals surface area (Å²) >= 11 is 0. The lowest BCUT2D eigenvalue weighted by molar-refractivity contribution is 0.185. The average molecular weight is 235 g/mol. The third-order valence-electron chi connectivity index (χ3n) is 2.32. The van der Waals surface area contributed by atoms with Crippen LogP contribution >= 0.6 is 0 Å². The zero-order valence-electron chi connectivity index (χ0n) is 10.6. The molecule has 3 nitrogen and oxygen atoms in total. The van der Waals surface area contributed by atoms with Crippen LogP contribution in [0.4, 0.5) is 0 Å². The molecule has 0 atom stereocenters. The number of ether oxygens (including phenoxy) is 2. The molecule has 0 aliphatic heterocycles. The normalized spacial score (nSPS) is 11.2. The Morgan fingerprint density at radius 3 is 2.88 bits per heavy atom. The Kier molecular flexibility index (Phi) is 7.30. The summed E-state index contributed by atoms with van der Waals surface area (Å²) in [5.41, 5.74) is 2.40. The molecule has 0 aliphatic rings. The molecular formula is C14H21NO2. The van der Waals surface area contributed by atoms with E-state index in [1.165, 1.54) is 11.1 Å². The molecule has 0 fully saturated rings. The fraction of sp³-hybridized carbons (Fsp3) is 0.429. The molecule has 0 radical (unpaired) electrons. The molecule has 0 bridgehead atoms. The van der Waals surface area contributed by atoms with Crippen molar-refractivity contribution >= 4 is 6.08 Å². The maximum Gasteiger partial charge on any atom is 0.0713 e. The number of hydrogen-bond donors (Lipinski definition) is 1. The third kappa shape index (κ3) is 6.22. The highest BCUT2D eigenvalue weighted by Crippen LogP contribution is 2.07. The maximum atomic E-state index is 5.10. The topological polar surface area (TPSA) is 30.5 Å². The Morgan fingerprint density at radius 1 is 1.24 bits per heavy atom. The molecule has 1 rings (SSSR count). The monoisotopic (exact) mass is 235 g/mol. The summed E-state index contributed by atoms with van der Waals surface area (Å²) in [6, 6.07) is 8.34. The largest absolute Gasteiger partial charge is 0.383 e. The highest BCUT2D eigenvalue weighted by Gasteiger charge is 1.92. The minimum atomic E-state index is 0.660. The second-order valence-electron chi connectivity index (χ2n) is 3.78. The van der Waals surface area contributed by atoms with E-state index >= 15 is 0 Å². The van der Waals surface area contributed by atoms with E-state index in [0.717, 1.165) is 19.7 Å². The van der Waals surface area contributed by atoms with Crippen molar-refractivity contribution in [3.63, 3.8) is 0 Å².